The minimum Gasteiger partial charge on any atom is -0.846 e. The number of nitrogens with one attached hydrogen (secondary N) is 1. The molecule has 1 aliphatic heterocycles. The summed E-state index contributed by atoms with van der Waals surface area (Å²) >= 11 is 0. The monoisotopic (exact) mass is 334 g/mol. The Labute approximate surface area is 163 Å². The zero-order valence-corrected chi connectivity index (χ0v) is 15.6. The van der Waals surface area contributed by atoms with Crippen LogP contribution in [0.25, 0.3) is 0 Å². The molecule has 0 bridgehead atoms. The van der Waals surface area contributed by atoms with E-state index in [1.807, 2.05) is 36.4 Å². The van der Waals surface area contributed by atoms with Gasteiger partial charge in [-0.25, -0.2) is 0 Å². The Morgan fingerprint density at radius 1 is 0.917 bits per heavy atom. The van der Waals surface area contributed by atoms with Gasteiger partial charge in [-0.3, -0.25) is 9.79 Å². The van der Waals surface area contributed by atoms with Crippen LogP contribution in [0.5, 0.6) is 0 Å². The Hall–Kier alpha value is -1.70. The quantitative estimate of drug-likeness (QED) is 0.509. The van der Waals surface area contributed by atoms with Gasteiger partial charge in [0.2, 0.25) is 0 Å². The molecule has 1 amide bonds. The van der Waals surface area contributed by atoms with E-state index >= 15 is 0 Å². The third-order valence-electron chi connectivity index (χ3n) is 3.37. The molecule has 0 atom stereocenters. The largest absolute Gasteiger partial charge is 1.00 e. The average Bonchev–Trinajstić information content (AvgIpc) is 2.92. The number of amides is 1. The molecule has 5 N–H and O–H groups in total. The minimum atomic E-state index is -1.26. The maximum absolute atomic E-state index is 12.3. The summed E-state index contributed by atoms with van der Waals surface area (Å²) in [5.74, 6) is -0.407. The van der Waals surface area contributed by atoms with Crippen LogP contribution >= 0.6 is 0 Å². The maximum Gasteiger partial charge on any atom is 1.00 e. The zero-order chi connectivity index (χ0) is 16.7. The maximum atomic E-state index is 12.3. The van der Waals surface area contributed by atoms with E-state index in [1.165, 1.54) is 0 Å². The molecule has 2 aromatic carbocycles. The van der Waals surface area contributed by atoms with Crippen molar-refractivity contribution in [2.24, 2.45) is 16.5 Å². The fourth-order valence-corrected chi connectivity index (χ4v) is 2.34. The van der Waals surface area contributed by atoms with Gasteiger partial charge in [-0.15, -0.1) is 0 Å². The number of carbonyl (C=O) groups is 1. The van der Waals surface area contributed by atoms with Gasteiger partial charge < -0.3 is 21.9 Å². The second-order valence-electron chi connectivity index (χ2n) is 4.89. The summed E-state index contributed by atoms with van der Waals surface area (Å²) < 4.78 is 0. The van der Waals surface area contributed by atoms with Crippen LogP contribution in [0.4, 0.5) is 0 Å². The predicted molar refractivity (Wildman–Crippen MR) is 87.4 cm³/mol. The molecule has 1 aliphatic rings. The number of carbonyl (C=O) groups excluding carboxylic acids is 1. The van der Waals surface area contributed by atoms with Crippen LogP contribution in [0.15, 0.2) is 65.7 Å². The van der Waals surface area contributed by atoms with Crippen LogP contribution in [0.3, 0.4) is 0 Å². The van der Waals surface area contributed by atoms with Crippen molar-refractivity contribution in [1.29, 1.82) is 0 Å². The first-order valence-corrected chi connectivity index (χ1v) is 7.24. The van der Waals surface area contributed by atoms with Crippen molar-refractivity contribution in [1.82, 2.24) is 5.32 Å². The van der Waals surface area contributed by atoms with Crippen molar-refractivity contribution in [2.45, 2.75) is 5.54 Å². The SMILES string of the molecule is NCCN.O=C1NC([O-])=NC1(c1ccccc1)c1ccccc1.[Na+]. The first-order valence-electron chi connectivity index (χ1n) is 7.24. The van der Waals surface area contributed by atoms with E-state index in [0.717, 1.165) is 0 Å². The molecule has 1 heterocycles. The number of amidine groups is 1. The first-order chi connectivity index (χ1) is 11.1. The van der Waals surface area contributed by atoms with Crippen LogP contribution in [0.1, 0.15) is 11.1 Å². The second-order valence-corrected chi connectivity index (χ2v) is 4.89. The molecule has 120 valence electrons. The van der Waals surface area contributed by atoms with E-state index in [0.29, 0.717) is 24.2 Å². The average molecular weight is 334 g/mol. The number of benzene rings is 2. The Morgan fingerprint density at radius 2 is 1.33 bits per heavy atom. The van der Waals surface area contributed by atoms with Gasteiger partial charge in [-0.2, -0.15) is 0 Å². The molecule has 3 rings (SSSR count). The summed E-state index contributed by atoms with van der Waals surface area (Å²) in [5.41, 5.74) is 9.91. The Bertz CT molecular complexity index is 636. The van der Waals surface area contributed by atoms with Crippen molar-refractivity contribution in [3.8, 4) is 0 Å². The molecule has 0 fully saturated rings. The molecule has 0 saturated carbocycles. The van der Waals surface area contributed by atoms with Crippen LogP contribution in [0, 0.1) is 0 Å². The standard InChI is InChI=1S/C15H12N2O2.C2H8N2.Na/c18-13-15(17-14(19)16-13,11-7-3-1-4-8-11)12-9-5-2-6-10-12;3-1-2-4;/h1-10H,(H2,16,17,18,19);1-4H2;/q;;+1/p-1. The number of nitrogens with two attached hydrogens (primary N) is 2. The summed E-state index contributed by atoms with van der Waals surface area (Å²) in [6, 6.07) is 17.6. The molecule has 0 radical (unpaired) electrons. The summed E-state index contributed by atoms with van der Waals surface area (Å²) in [5, 5.41) is 13.8. The van der Waals surface area contributed by atoms with Crippen molar-refractivity contribution in [3.05, 3.63) is 71.8 Å². The number of nitrogens with zero attached hydrogens (tertiary/aromatic N) is 1. The molecule has 0 aliphatic carbocycles. The number of aliphatic imine (C=N–C) groups is 1. The van der Waals surface area contributed by atoms with E-state index in [9.17, 15) is 9.90 Å². The molecule has 0 saturated heterocycles. The van der Waals surface area contributed by atoms with Crippen LogP contribution in [-0.2, 0) is 10.3 Å². The topological polar surface area (TPSA) is 117 Å². The van der Waals surface area contributed by atoms with Gasteiger partial charge in [0.1, 0.15) is 0 Å². The summed E-state index contributed by atoms with van der Waals surface area (Å²) in [7, 11) is 0. The van der Waals surface area contributed by atoms with Gasteiger partial charge in [0.25, 0.3) is 5.91 Å². The Kier molecular flexibility index (Phi) is 8.10. The Morgan fingerprint density at radius 3 is 1.62 bits per heavy atom. The van der Waals surface area contributed by atoms with E-state index in [1.54, 1.807) is 24.3 Å². The van der Waals surface area contributed by atoms with Crippen molar-refractivity contribution in [2.75, 3.05) is 13.1 Å². The van der Waals surface area contributed by atoms with Crippen LogP contribution < -0.4 is 51.4 Å². The van der Waals surface area contributed by atoms with E-state index in [-0.39, 0.29) is 29.6 Å². The molecule has 7 heteroatoms. The smallest absolute Gasteiger partial charge is 0.846 e. The first kappa shape index (κ1) is 20.3. The van der Waals surface area contributed by atoms with Gasteiger partial charge in [0, 0.05) is 13.1 Å². The molecule has 0 unspecified atom stereocenters. The Balaban J connectivity index is 0.000000522. The summed E-state index contributed by atoms with van der Waals surface area (Å²) in [6.07, 6.45) is 0. The molecule has 0 aromatic heterocycles. The summed E-state index contributed by atoms with van der Waals surface area (Å²) in [6.45, 7) is 1.19. The molecule has 2 aromatic rings. The van der Waals surface area contributed by atoms with Gasteiger partial charge in [0.15, 0.2) is 5.54 Å². The van der Waals surface area contributed by atoms with E-state index in [4.69, 9.17) is 11.5 Å². The van der Waals surface area contributed by atoms with Crippen molar-refractivity contribution >= 4 is 11.9 Å². The van der Waals surface area contributed by atoms with Gasteiger partial charge in [-0.05, 0) is 11.1 Å². The number of rotatable bonds is 3. The predicted octanol–water partition coefficient (Wildman–Crippen LogP) is -3.32. The van der Waals surface area contributed by atoms with Crippen molar-refractivity contribution in [3.63, 3.8) is 0 Å². The van der Waals surface area contributed by atoms with Crippen LogP contribution in [0.2, 0.25) is 0 Å². The van der Waals surface area contributed by atoms with Gasteiger partial charge in [-0.1, -0.05) is 60.7 Å². The normalized spacial score (nSPS) is 14.6. The second kappa shape index (κ2) is 9.56. The number of hydrogen-bond acceptors (Lipinski definition) is 5. The molecule has 6 nitrogen and oxygen atoms in total. The van der Waals surface area contributed by atoms with Crippen LogP contribution in [-0.4, -0.2) is 25.0 Å². The zero-order valence-electron chi connectivity index (χ0n) is 13.6. The van der Waals surface area contributed by atoms with E-state index < -0.39 is 17.5 Å². The molecule has 24 heavy (non-hydrogen) atoms. The summed E-state index contributed by atoms with van der Waals surface area (Å²) in [4.78, 5) is 16.3. The van der Waals surface area contributed by atoms with Gasteiger partial charge >= 0.3 is 29.6 Å². The minimum absolute atomic E-state index is 0. The molecular formula is C17H19N4NaO2. The van der Waals surface area contributed by atoms with Crippen molar-refractivity contribution < 1.29 is 39.5 Å². The molecule has 0 spiro atoms. The third kappa shape index (κ3) is 4.23. The third-order valence-corrected chi connectivity index (χ3v) is 3.37. The number of hydrogen-bond donors (Lipinski definition) is 3. The fraction of sp³-hybridized carbons (Fsp3) is 0.176. The van der Waals surface area contributed by atoms with E-state index in [2.05, 4.69) is 10.3 Å². The fourth-order valence-electron chi connectivity index (χ4n) is 2.34. The van der Waals surface area contributed by atoms with Gasteiger partial charge in [0.05, 0.1) is 6.02 Å². The molecular weight excluding hydrogens is 315 g/mol.